The van der Waals surface area contributed by atoms with Gasteiger partial charge >= 0.3 is 0 Å². The monoisotopic (exact) mass is 430 g/mol. The Labute approximate surface area is 187 Å². The molecule has 0 saturated heterocycles. The molecule has 3 amide bonds. The van der Waals surface area contributed by atoms with Gasteiger partial charge in [0.2, 0.25) is 5.91 Å². The Balaban J connectivity index is 1.51. The minimum Gasteiger partial charge on any atom is -0.376 e. The molecule has 0 heterocycles. The van der Waals surface area contributed by atoms with Gasteiger partial charge in [-0.25, -0.2) is 0 Å². The molecular formula is C25H26N4O3. The lowest BCUT2D eigenvalue weighted by atomic mass is 10.1. The zero-order valence-corrected chi connectivity index (χ0v) is 18.1. The number of nitrogens with one attached hydrogen (secondary N) is 4. The number of anilines is 3. The minimum atomic E-state index is -0.232. The van der Waals surface area contributed by atoms with Crippen LogP contribution in [0, 0.1) is 6.92 Å². The first-order valence-corrected chi connectivity index (χ1v) is 10.3. The van der Waals surface area contributed by atoms with E-state index in [4.69, 9.17) is 0 Å². The molecule has 3 aromatic rings. The van der Waals surface area contributed by atoms with Crippen LogP contribution in [0.3, 0.4) is 0 Å². The zero-order valence-electron chi connectivity index (χ0n) is 18.1. The molecule has 0 atom stereocenters. The van der Waals surface area contributed by atoms with Gasteiger partial charge < -0.3 is 21.3 Å². The summed E-state index contributed by atoms with van der Waals surface area (Å²) in [5.41, 5.74) is 4.06. The Kier molecular flexibility index (Phi) is 7.59. The Morgan fingerprint density at radius 3 is 2.00 bits per heavy atom. The van der Waals surface area contributed by atoms with Crippen LogP contribution < -0.4 is 21.3 Å². The number of aryl methyl sites for hydroxylation is 1. The van der Waals surface area contributed by atoms with E-state index in [1.54, 1.807) is 54.6 Å². The van der Waals surface area contributed by atoms with E-state index in [-0.39, 0.29) is 24.3 Å². The number of carbonyl (C=O) groups excluding carboxylic acids is 3. The van der Waals surface area contributed by atoms with Crippen LogP contribution >= 0.6 is 0 Å². The van der Waals surface area contributed by atoms with Crippen molar-refractivity contribution < 1.29 is 14.4 Å². The Hall–Kier alpha value is -4.13. The summed E-state index contributed by atoms with van der Waals surface area (Å²) in [5, 5.41) is 11.4. The molecule has 0 aliphatic heterocycles. The molecule has 0 bridgehead atoms. The molecule has 0 spiro atoms. The molecule has 3 aromatic carbocycles. The molecule has 3 rings (SSSR count). The third-order valence-electron chi connectivity index (χ3n) is 4.62. The van der Waals surface area contributed by atoms with Crippen molar-refractivity contribution in [3.8, 4) is 0 Å². The van der Waals surface area contributed by atoms with Gasteiger partial charge in [-0.2, -0.15) is 0 Å². The van der Waals surface area contributed by atoms with Crippen LogP contribution in [0.15, 0.2) is 72.8 Å². The van der Waals surface area contributed by atoms with Gasteiger partial charge in [0, 0.05) is 34.7 Å². The van der Waals surface area contributed by atoms with Crippen LogP contribution in [-0.2, 0) is 4.79 Å². The molecule has 0 fully saturated rings. The molecule has 0 unspecified atom stereocenters. The fraction of sp³-hybridized carbons (Fsp3) is 0.160. The van der Waals surface area contributed by atoms with Gasteiger partial charge in [-0.1, -0.05) is 23.8 Å². The molecule has 7 nitrogen and oxygen atoms in total. The average Bonchev–Trinajstić information content (AvgIpc) is 2.79. The summed E-state index contributed by atoms with van der Waals surface area (Å²) in [6, 6.07) is 21.2. The standard InChI is InChI=1S/C25H26N4O3/c1-3-26-24(31)19-8-5-9-22(15-19)27-16-23(30)28-20-10-12-21(13-11-20)29-25(32)18-7-4-6-17(2)14-18/h4-15,27H,3,16H2,1-2H3,(H,26,31)(H,28,30)(H,29,32). The van der Waals surface area contributed by atoms with Gasteiger partial charge in [0.05, 0.1) is 6.54 Å². The molecule has 7 heteroatoms. The largest absolute Gasteiger partial charge is 0.376 e. The van der Waals surface area contributed by atoms with Gasteiger partial charge in [-0.3, -0.25) is 14.4 Å². The lowest BCUT2D eigenvalue weighted by Gasteiger charge is -2.10. The van der Waals surface area contributed by atoms with Crippen LogP contribution in [0.5, 0.6) is 0 Å². The van der Waals surface area contributed by atoms with Gasteiger partial charge in [0.15, 0.2) is 0 Å². The van der Waals surface area contributed by atoms with E-state index >= 15 is 0 Å². The quantitative estimate of drug-likeness (QED) is 0.433. The fourth-order valence-corrected chi connectivity index (χ4v) is 3.05. The zero-order chi connectivity index (χ0) is 22.9. The van der Waals surface area contributed by atoms with Crippen LogP contribution in [0.4, 0.5) is 17.1 Å². The third kappa shape index (κ3) is 6.43. The molecule has 164 valence electrons. The van der Waals surface area contributed by atoms with E-state index in [1.807, 2.05) is 32.0 Å². The maximum absolute atomic E-state index is 12.3. The third-order valence-corrected chi connectivity index (χ3v) is 4.62. The van der Waals surface area contributed by atoms with Crippen molar-refractivity contribution in [3.05, 3.63) is 89.5 Å². The van der Waals surface area contributed by atoms with Gasteiger partial charge in [-0.15, -0.1) is 0 Å². The van der Waals surface area contributed by atoms with Gasteiger partial charge in [-0.05, 0) is 68.4 Å². The normalized spacial score (nSPS) is 10.2. The second-order valence-corrected chi connectivity index (χ2v) is 7.24. The topological polar surface area (TPSA) is 99.3 Å². The van der Waals surface area contributed by atoms with Crippen molar-refractivity contribution in [2.75, 3.05) is 29.0 Å². The summed E-state index contributed by atoms with van der Waals surface area (Å²) in [7, 11) is 0. The summed E-state index contributed by atoms with van der Waals surface area (Å²) in [4.78, 5) is 36.5. The first-order valence-electron chi connectivity index (χ1n) is 10.3. The number of benzene rings is 3. The van der Waals surface area contributed by atoms with E-state index in [2.05, 4.69) is 21.3 Å². The highest BCUT2D eigenvalue weighted by atomic mass is 16.2. The maximum Gasteiger partial charge on any atom is 0.255 e. The van der Waals surface area contributed by atoms with E-state index in [0.29, 0.717) is 34.7 Å². The van der Waals surface area contributed by atoms with Crippen LogP contribution in [0.25, 0.3) is 0 Å². The number of hydrogen-bond donors (Lipinski definition) is 4. The summed E-state index contributed by atoms with van der Waals surface area (Å²) in [6.45, 7) is 4.38. The summed E-state index contributed by atoms with van der Waals surface area (Å²) in [6.07, 6.45) is 0. The van der Waals surface area contributed by atoms with Crippen LogP contribution in [0.1, 0.15) is 33.2 Å². The predicted molar refractivity (Wildman–Crippen MR) is 127 cm³/mol. The van der Waals surface area contributed by atoms with Crippen LogP contribution in [0.2, 0.25) is 0 Å². The van der Waals surface area contributed by atoms with Crippen molar-refractivity contribution in [2.45, 2.75) is 13.8 Å². The summed E-state index contributed by atoms with van der Waals surface area (Å²) >= 11 is 0. The van der Waals surface area contributed by atoms with Gasteiger partial charge in [0.1, 0.15) is 0 Å². The molecule has 0 aromatic heterocycles. The lowest BCUT2D eigenvalue weighted by molar-refractivity contribution is -0.114. The van der Waals surface area contributed by atoms with E-state index in [1.165, 1.54) is 0 Å². The molecular weight excluding hydrogens is 404 g/mol. The summed E-state index contributed by atoms with van der Waals surface area (Å²) in [5.74, 6) is -0.579. The highest BCUT2D eigenvalue weighted by molar-refractivity contribution is 6.04. The molecule has 32 heavy (non-hydrogen) atoms. The van der Waals surface area contributed by atoms with E-state index in [9.17, 15) is 14.4 Å². The second kappa shape index (κ2) is 10.8. The molecule has 0 aliphatic rings. The Morgan fingerprint density at radius 1 is 0.719 bits per heavy atom. The number of hydrogen-bond acceptors (Lipinski definition) is 4. The fourth-order valence-electron chi connectivity index (χ4n) is 3.05. The predicted octanol–water partition coefficient (Wildman–Crippen LogP) is 4.05. The van der Waals surface area contributed by atoms with Crippen molar-refractivity contribution in [1.29, 1.82) is 0 Å². The van der Waals surface area contributed by atoms with Crippen LogP contribution in [-0.4, -0.2) is 30.8 Å². The van der Waals surface area contributed by atoms with E-state index < -0.39 is 0 Å². The Morgan fingerprint density at radius 2 is 1.34 bits per heavy atom. The lowest BCUT2D eigenvalue weighted by Crippen LogP contribution is -2.23. The molecule has 0 radical (unpaired) electrons. The second-order valence-electron chi connectivity index (χ2n) is 7.24. The highest BCUT2D eigenvalue weighted by Gasteiger charge is 2.08. The number of amides is 3. The molecule has 0 saturated carbocycles. The highest BCUT2D eigenvalue weighted by Crippen LogP contribution is 2.16. The molecule has 0 aliphatic carbocycles. The summed E-state index contributed by atoms with van der Waals surface area (Å²) < 4.78 is 0. The maximum atomic E-state index is 12.3. The Bertz CT molecular complexity index is 1110. The van der Waals surface area contributed by atoms with E-state index in [0.717, 1.165) is 5.56 Å². The number of rotatable bonds is 8. The minimum absolute atomic E-state index is 0.0463. The average molecular weight is 431 g/mol. The van der Waals surface area contributed by atoms with Crippen molar-refractivity contribution in [1.82, 2.24) is 5.32 Å². The van der Waals surface area contributed by atoms with Crippen molar-refractivity contribution in [3.63, 3.8) is 0 Å². The van der Waals surface area contributed by atoms with Gasteiger partial charge in [0.25, 0.3) is 11.8 Å². The smallest absolute Gasteiger partial charge is 0.255 e. The SMILES string of the molecule is CCNC(=O)c1cccc(NCC(=O)Nc2ccc(NC(=O)c3cccc(C)c3)cc2)c1. The van der Waals surface area contributed by atoms with Crippen molar-refractivity contribution >= 4 is 34.8 Å². The van der Waals surface area contributed by atoms with Crippen molar-refractivity contribution in [2.24, 2.45) is 0 Å². The first-order chi connectivity index (χ1) is 15.4. The molecule has 4 N–H and O–H groups in total. The number of carbonyl (C=O) groups is 3. The first kappa shape index (κ1) is 22.6.